The zero-order valence-corrected chi connectivity index (χ0v) is 11.4. The predicted octanol–water partition coefficient (Wildman–Crippen LogP) is 3.13. The molecule has 2 rings (SSSR count). The Morgan fingerprint density at radius 2 is 2.17 bits per heavy atom. The largest absolute Gasteiger partial charge is 0.497 e. The lowest BCUT2D eigenvalue weighted by atomic mass is 10.2. The summed E-state index contributed by atoms with van der Waals surface area (Å²) in [5.41, 5.74) is 1.22. The molecule has 3 nitrogen and oxygen atoms in total. The van der Waals surface area contributed by atoms with Gasteiger partial charge in [0.25, 0.3) is 0 Å². The third kappa shape index (κ3) is 3.91. The van der Waals surface area contributed by atoms with Gasteiger partial charge in [-0.1, -0.05) is 19.4 Å². The summed E-state index contributed by atoms with van der Waals surface area (Å²) in [5.74, 6) is 1.81. The molecule has 1 aromatic carbocycles. The molecule has 0 spiro atoms. The maximum Gasteiger partial charge on any atom is 0.127 e. The Kier molecular flexibility index (Phi) is 4.88. The zero-order chi connectivity index (χ0) is 12.8. The van der Waals surface area contributed by atoms with E-state index in [2.05, 4.69) is 18.3 Å². The fourth-order valence-electron chi connectivity index (χ4n) is 1.81. The van der Waals surface area contributed by atoms with Gasteiger partial charge in [-0.15, -0.1) is 0 Å². The first-order valence-electron chi connectivity index (χ1n) is 6.86. The van der Waals surface area contributed by atoms with Crippen LogP contribution in [0.1, 0.15) is 38.2 Å². The molecule has 18 heavy (non-hydrogen) atoms. The molecule has 0 saturated heterocycles. The summed E-state index contributed by atoms with van der Waals surface area (Å²) in [6, 6.07) is 6.79. The van der Waals surface area contributed by atoms with E-state index in [9.17, 15) is 0 Å². The van der Waals surface area contributed by atoms with Gasteiger partial charge in [-0.05, 0) is 25.3 Å². The van der Waals surface area contributed by atoms with E-state index in [1.165, 1.54) is 18.4 Å². The Morgan fingerprint density at radius 1 is 1.33 bits per heavy atom. The van der Waals surface area contributed by atoms with Gasteiger partial charge in [0.15, 0.2) is 0 Å². The van der Waals surface area contributed by atoms with E-state index in [4.69, 9.17) is 9.47 Å². The minimum Gasteiger partial charge on any atom is -0.497 e. The van der Waals surface area contributed by atoms with Crippen LogP contribution in [0.4, 0.5) is 0 Å². The Hall–Kier alpha value is -1.22. The lowest BCUT2D eigenvalue weighted by Crippen LogP contribution is -2.16. The smallest absolute Gasteiger partial charge is 0.127 e. The van der Waals surface area contributed by atoms with Crippen molar-refractivity contribution < 1.29 is 9.47 Å². The lowest BCUT2D eigenvalue weighted by Gasteiger charge is -2.13. The van der Waals surface area contributed by atoms with Crippen LogP contribution in [0.5, 0.6) is 11.5 Å². The third-order valence-corrected chi connectivity index (χ3v) is 3.19. The topological polar surface area (TPSA) is 30.5 Å². The monoisotopic (exact) mass is 249 g/mol. The van der Waals surface area contributed by atoms with E-state index in [-0.39, 0.29) is 0 Å². The van der Waals surface area contributed by atoms with Gasteiger partial charge in [0.2, 0.25) is 0 Å². The van der Waals surface area contributed by atoms with Crippen molar-refractivity contribution in [1.29, 1.82) is 0 Å². The van der Waals surface area contributed by atoms with Crippen molar-refractivity contribution >= 4 is 0 Å². The highest BCUT2D eigenvalue weighted by Gasteiger charge is 2.20. The highest BCUT2D eigenvalue weighted by molar-refractivity contribution is 5.40. The number of benzene rings is 1. The van der Waals surface area contributed by atoms with Crippen molar-refractivity contribution in [3.05, 3.63) is 23.8 Å². The van der Waals surface area contributed by atoms with Crippen molar-refractivity contribution in [2.24, 2.45) is 0 Å². The molecule has 0 heterocycles. The van der Waals surface area contributed by atoms with Gasteiger partial charge in [0.05, 0.1) is 13.7 Å². The summed E-state index contributed by atoms with van der Waals surface area (Å²) in [5, 5.41) is 3.52. The first-order chi connectivity index (χ1) is 8.83. The van der Waals surface area contributed by atoms with E-state index in [1.807, 2.05) is 12.1 Å². The molecule has 1 aliphatic rings. The Balaban J connectivity index is 1.99. The van der Waals surface area contributed by atoms with Crippen LogP contribution in [0.25, 0.3) is 0 Å². The molecule has 1 N–H and O–H groups in total. The maximum absolute atomic E-state index is 5.85. The molecule has 0 atom stereocenters. The van der Waals surface area contributed by atoms with Crippen LogP contribution in [-0.4, -0.2) is 19.8 Å². The van der Waals surface area contributed by atoms with Gasteiger partial charge >= 0.3 is 0 Å². The number of methoxy groups -OCH3 is 1. The number of ether oxygens (including phenoxy) is 2. The Morgan fingerprint density at radius 3 is 2.83 bits per heavy atom. The molecule has 1 saturated carbocycles. The second kappa shape index (κ2) is 6.64. The van der Waals surface area contributed by atoms with Crippen molar-refractivity contribution in [3.8, 4) is 11.5 Å². The first kappa shape index (κ1) is 13.2. The normalized spacial score (nSPS) is 14.6. The molecule has 0 aliphatic heterocycles. The van der Waals surface area contributed by atoms with Crippen molar-refractivity contribution in [2.45, 2.75) is 45.2 Å². The summed E-state index contributed by atoms with van der Waals surface area (Å²) < 4.78 is 11.1. The predicted molar refractivity (Wildman–Crippen MR) is 73.3 cm³/mol. The van der Waals surface area contributed by atoms with Crippen molar-refractivity contribution in [3.63, 3.8) is 0 Å². The molecule has 0 aromatic heterocycles. The van der Waals surface area contributed by atoms with E-state index >= 15 is 0 Å². The van der Waals surface area contributed by atoms with Crippen molar-refractivity contribution in [1.82, 2.24) is 5.32 Å². The average molecular weight is 249 g/mol. The minimum absolute atomic E-state index is 0.718. The molecular weight excluding hydrogens is 226 g/mol. The molecule has 0 radical (unpaired) electrons. The van der Waals surface area contributed by atoms with Crippen LogP contribution in [0.3, 0.4) is 0 Å². The van der Waals surface area contributed by atoms with Gasteiger partial charge in [-0.25, -0.2) is 0 Å². The van der Waals surface area contributed by atoms with Crippen LogP contribution < -0.4 is 14.8 Å². The standard InChI is InChI=1S/C15H23NO2/c1-3-4-9-18-15-10-14(17-2)8-5-12(15)11-16-13-6-7-13/h5,8,10,13,16H,3-4,6-7,9,11H2,1-2H3. The molecule has 0 bridgehead atoms. The van der Waals surface area contributed by atoms with E-state index in [1.54, 1.807) is 7.11 Å². The highest BCUT2D eigenvalue weighted by atomic mass is 16.5. The van der Waals surface area contributed by atoms with Gasteiger partial charge in [0.1, 0.15) is 11.5 Å². The maximum atomic E-state index is 5.85. The molecule has 1 fully saturated rings. The summed E-state index contributed by atoms with van der Waals surface area (Å²) in [7, 11) is 1.69. The Labute approximate surface area is 109 Å². The SMILES string of the molecule is CCCCOc1cc(OC)ccc1CNC1CC1. The van der Waals surface area contributed by atoms with Gasteiger partial charge < -0.3 is 14.8 Å². The zero-order valence-electron chi connectivity index (χ0n) is 11.4. The second-order valence-corrected chi connectivity index (χ2v) is 4.83. The number of unbranched alkanes of at least 4 members (excludes halogenated alkanes) is 1. The van der Waals surface area contributed by atoms with Gasteiger partial charge in [-0.2, -0.15) is 0 Å². The van der Waals surface area contributed by atoms with Crippen LogP contribution in [-0.2, 0) is 6.54 Å². The fourth-order valence-corrected chi connectivity index (χ4v) is 1.81. The van der Waals surface area contributed by atoms with Gasteiger partial charge in [-0.3, -0.25) is 0 Å². The van der Waals surface area contributed by atoms with Crippen LogP contribution in [0.15, 0.2) is 18.2 Å². The van der Waals surface area contributed by atoms with E-state index in [0.717, 1.165) is 43.5 Å². The van der Waals surface area contributed by atoms with E-state index in [0.29, 0.717) is 0 Å². The average Bonchev–Trinajstić information content (AvgIpc) is 3.21. The van der Waals surface area contributed by atoms with Gasteiger partial charge in [0, 0.05) is 24.2 Å². The summed E-state index contributed by atoms with van der Waals surface area (Å²) in [6.07, 6.45) is 4.86. The third-order valence-electron chi connectivity index (χ3n) is 3.19. The molecular formula is C15H23NO2. The molecule has 0 unspecified atom stereocenters. The van der Waals surface area contributed by atoms with Crippen LogP contribution in [0.2, 0.25) is 0 Å². The molecule has 0 amide bonds. The summed E-state index contributed by atoms with van der Waals surface area (Å²) in [4.78, 5) is 0. The Bertz CT molecular complexity index is 375. The first-order valence-corrected chi connectivity index (χ1v) is 6.86. The number of hydrogen-bond acceptors (Lipinski definition) is 3. The lowest BCUT2D eigenvalue weighted by molar-refractivity contribution is 0.303. The molecule has 1 aromatic rings. The van der Waals surface area contributed by atoms with E-state index < -0.39 is 0 Å². The number of nitrogens with one attached hydrogen (secondary N) is 1. The van der Waals surface area contributed by atoms with Crippen LogP contribution in [0, 0.1) is 0 Å². The quantitative estimate of drug-likeness (QED) is 0.718. The number of hydrogen-bond donors (Lipinski definition) is 1. The summed E-state index contributed by atoms with van der Waals surface area (Å²) >= 11 is 0. The number of rotatable bonds is 8. The fraction of sp³-hybridized carbons (Fsp3) is 0.600. The molecule has 100 valence electrons. The van der Waals surface area contributed by atoms with Crippen LogP contribution >= 0.6 is 0 Å². The molecule has 3 heteroatoms. The minimum atomic E-state index is 0.718. The summed E-state index contributed by atoms with van der Waals surface area (Å²) in [6.45, 7) is 3.83. The second-order valence-electron chi connectivity index (χ2n) is 4.83. The highest BCUT2D eigenvalue weighted by Crippen LogP contribution is 2.26. The molecule has 1 aliphatic carbocycles. The van der Waals surface area contributed by atoms with Crippen molar-refractivity contribution in [2.75, 3.05) is 13.7 Å².